The van der Waals surface area contributed by atoms with Gasteiger partial charge in [0, 0.05) is 11.4 Å². The fraction of sp³-hybridized carbons (Fsp3) is 0.317. The second-order valence-electron chi connectivity index (χ2n) is 13.5. The first-order chi connectivity index (χ1) is 24.9. The van der Waals surface area contributed by atoms with Crippen LogP contribution in [0.4, 0.5) is 17.1 Å². The zero-order chi connectivity index (χ0) is 35.3. The number of benzene rings is 3. The van der Waals surface area contributed by atoms with Gasteiger partial charge >= 0.3 is 7.12 Å². The van der Waals surface area contributed by atoms with Gasteiger partial charge in [0.05, 0.1) is 23.6 Å². The molecule has 0 saturated carbocycles. The summed E-state index contributed by atoms with van der Waals surface area (Å²) in [5.74, 6) is -0.110. The Balaban J connectivity index is 1.17. The highest BCUT2D eigenvalue weighted by atomic mass is 16.5. The van der Waals surface area contributed by atoms with Gasteiger partial charge in [0.25, 0.3) is 0 Å². The summed E-state index contributed by atoms with van der Waals surface area (Å²) in [6.45, 7) is 2.21. The Labute approximate surface area is 298 Å². The van der Waals surface area contributed by atoms with Crippen LogP contribution < -0.4 is 15.0 Å². The SMILES string of the molecule is CCC/C(=C\c1ccc(CO)o1)CC[C@H]1OB(O)C[C@H]2C1=C(COc1ccccc1)C[C@H]1C(=O)N(c3ccc(Nc4ccccc4)cc3)C(=O)[C@H]12. The Morgan fingerprint density at radius 2 is 1.65 bits per heavy atom. The first kappa shape index (κ1) is 34.5. The van der Waals surface area contributed by atoms with E-state index in [0.717, 1.165) is 40.9 Å². The molecule has 7 rings (SSSR count). The minimum atomic E-state index is -1.07. The fourth-order valence-corrected chi connectivity index (χ4v) is 7.89. The third kappa shape index (κ3) is 7.59. The van der Waals surface area contributed by atoms with E-state index in [0.29, 0.717) is 42.2 Å². The number of carbonyl (C=O) groups excluding carboxylic acids is 2. The summed E-state index contributed by atoms with van der Waals surface area (Å²) in [6, 6.07) is 30.3. The first-order valence-corrected chi connectivity index (χ1v) is 17.8. The number of aliphatic hydroxyl groups is 1. The molecule has 1 aromatic heterocycles. The Hall–Kier alpha value is -4.90. The first-order valence-electron chi connectivity index (χ1n) is 17.8. The minimum Gasteiger partial charge on any atom is -0.489 e. The zero-order valence-corrected chi connectivity index (χ0v) is 28.7. The number of imide groups is 1. The number of anilines is 3. The van der Waals surface area contributed by atoms with E-state index in [1.807, 2.05) is 84.9 Å². The third-order valence-electron chi connectivity index (χ3n) is 10.1. The number of allylic oxidation sites excluding steroid dienone is 1. The Kier molecular flexibility index (Phi) is 10.5. The number of fused-ring (bicyclic) bond motifs is 3. The van der Waals surface area contributed by atoms with E-state index >= 15 is 0 Å². The highest BCUT2D eigenvalue weighted by Gasteiger charge is 2.57. The Bertz CT molecular complexity index is 1890. The van der Waals surface area contributed by atoms with Gasteiger partial charge in [-0.2, -0.15) is 0 Å². The van der Waals surface area contributed by atoms with Gasteiger partial charge in [0.15, 0.2) is 0 Å². The zero-order valence-electron chi connectivity index (χ0n) is 28.7. The van der Waals surface area contributed by atoms with Crippen molar-refractivity contribution in [2.24, 2.45) is 17.8 Å². The highest BCUT2D eigenvalue weighted by Crippen LogP contribution is 2.51. The number of amides is 2. The number of carbonyl (C=O) groups is 2. The van der Waals surface area contributed by atoms with E-state index in [2.05, 4.69) is 12.2 Å². The number of aliphatic hydroxyl groups excluding tert-OH is 1. The van der Waals surface area contributed by atoms with Gasteiger partial charge in [-0.3, -0.25) is 14.5 Å². The largest absolute Gasteiger partial charge is 0.489 e. The molecule has 0 radical (unpaired) electrons. The number of ether oxygens (including phenoxy) is 1. The monoisotopic (exact) mass is 686 g/mol. The van der Waals surface area contributed by atoms with Crippen LogP contribution in [-0.2, 0) is 20.9 Å². The van der Waals surface area contributed by atoms with Crippen molar-refractivity contribution in [1.29, 1.82) is 0 Å². The Morgan fingerprint density at radius 3 is 2.35 bits per heavy atom. The van der Waals surface area contributed by atoms with E-state index < -0.39 is 25.1 Å². The molecule has 3 aliphatic rings. The maximum Gasteiger partial charge on any atom is 0.455 e. The van der Waals surface area contributed by atoms with Crippen molar-refractivity contribution in [3.63, 3.8) is 0 Å². The molecule has 262 valence electrons. The molecule has 4 aromatic rings. The lowest BCUT2D eigenvalue weighted by Gasteiger charge is -2.43. The predicted octanol–water partition coefficient (Wildman–Crippen LogP) is 7.56. The van der Waals surface area contributed by atoms with Crippen LogP contribution in [0, 0.1) is 17.8 Å². The second kappa shape index (κ2) is 15.6. The number of nitrogens with zero attached hydrogens (tertiary/aromatic N) is 1. The molecule has 2 fully saturated rings. The van der Waals surface area contributed by atoms with E-state index in [1.165, 1.54) is 4.90 Å². The highest BCUT2D eigenvalue weighted by molar-refractivity contribution is 6.43. The van der Waals surface area contributed by atoms with Gasteiger partial charge < -0.3 is 29.3 Å². The topological polar surface area (TPSA) is 121 Å². The van der Waals surface area contributed by atoms with Crippen LogP contribution in [0.15, 0.2) is 118 Å². The Morgan fingerprint density at radius 1 is 0.922 bits per heavy atom. The number of furan rings is 1. The fourth-order valence-electron chi connectivity index (χ4n) is 7.89. The van der Waals surface area contributed by atoms with Crippen molar-refractivity contribution in [3.8, 4) is 5.75 Å². The summed E-state index contributed by atoms with van der Waals surface area (Å²) < 4.78 is 18.3. The van der Waals surface area contributed by atoms with E-state index in [1.54, 1.807) is 18.2 Å². The number of para-hydroxylation sites is 2. The summed E-state index contributed by atoms with van der Waals surface area (Å²) in [4.78, 5) is 29.8. The second-order valence-corrected chi connectivity index (χ2v) is 13.5. The maximum absolute atomic E-state index is 14.3. The van der Waals surface area contributed by atoms with Crippen molar-refractivity contribution in [2.45, 2.75) is 58.1 Å². The van der Waals surface area contributed by atoms with Crippen LogP contribution in [0.2, 0.25) is 6.32 Å². The summed E-state index contributed by atoms with van der Waals surface area (Å²) >= 11 is 0. The number of hydrogen-bond donors (Lipinski definition) is 3. The molecular formula is C41H43BN2O7. The van der Waals surface area contributed by atoms with E-state index in [9.17, 15) is 19.7 Å². The molecule has 10 heteroatoms. The molecule has 0 spiro atoms. The van der Waals surface area contributed by atoms with Gasteiger partial charge in [-0.15, -0.1) is 0 Å². The van der Waals surface area contributed by atoms with Crippen molar-refractivity contribution in [2.75, 3.05) is 16.8 Å². The molecule has 9 nitrogen and oxygen atoms in total. The molecule has 3 heterocycles. The van der Waals surface area contributed by atoms with E-state index in [-0.39, 0.29) is 37.3 Å². The molecule has 0 unspecified atom stereocenters. The summed E-state index contributed by atoms with van der Waals surface area (Å²) in [7, 11) is -1.07. The lowest BCUT2D eigenvalue weighted by atomic mass is 9.58. The van der Waals surface area contributed by atoms with Crippen molar-refractivity contribution in [3.05, 3.63) is 125 Å². The summed E-state index contributed by atoms with van der Waals surface area (Å²) in [5.41, 5.74) is 5.40. The quantitative estimate of drug-likeness (QED) is 0.0749. The van der Waals surface area contributed by atoms with Crippen LogP contribution in [-0.4, -0.2) is 41.8 Å². The van der Waals surface area contributed by atoms with Crippen LogP contribution >= 0.6 is 0 Å². The molecule has 2 amide bonds. The molecule has 3 N–H and O–H groups in total. The normalized spacial score (nSPS) is 21.9. The number of nitrogens with one attached hydrogen (secondary N) is 1. The van der Waals surface area contributed by atoms with Crippen molar-refractivity contribution in [1.82, 2.24) is 0 Å². The molecular weight excluding hydrogens is 643 g/mol. The maximum atomic E-state index is 14.3. The smallest absolute Gasteiger partial charge is 0.455 e. The molecule has 2 saturated heterocycles. The van der Waals surface area contributed by atoms with Crippen LogP contribution in [0.25, 0.3) is 6.08 Å². The summed E-state index contributed by atoms with van der Waals surface area (Å²) in [5, 5.41) is 23.9. The lowest BCUT2D eigenvalue weighted by Crippen LogP contribution is -2.46. The minimum absolute atomic E-state index is 0.161. The molecule has 2 aliphatic heterocycles. The molecule has 4 atom stereocenters. The van der Waals surface area contributed by atoms with Crippen LogP contribution in [0.3, 0.4) is 0 Å². The molecule has 1 aliphatic carbocycles. The van der Waals surface area contributed by atoms with Gasteiger partial charge in [-0.05, 0) is 116 Å². The van der Waals surface area contributed by atoms with Gasteiger partial charge in [0.2, 0.25) is 11.8 Å². The van der Waals surface area contributed by atoms with Gasteiger partial charge in [-0.25, -0.2) is 0 Å². The third-order valence-corrected chi connectivity index (χ3v) is 10.1. The van der Waals surface area contributed by atoms with Gasteiger partial charge in [0.1, 0.15) is 30.5 Å². The lowest BCUT2D eigenvalue weighted by molar-refractivity contribution is -0.122. The summed E-state index contributed by atoms with van der Waals surface area (Å²) in [6.07, 6.45) is 5.21. The number of hydrogen-bond acceptors (Lipinski definition) is 8. The number of rotatable bonds is 13. The average Bonchev–Trinajstić information content (AvgIpc) is 3.71. The average molecular weight is 687 g/mol. The van der Waals surface area contributed by atoms with Crippen LogP contribution in [0.5, 0.6) is 5.75 Å². The molecule has 0 bridgehead atoms. The van der Waals surface area contributed by atoms with Gasteiger partial charge in [-0.1, -0.05) is 55.3 Å². The van der Waals surface area contributed by atoms with Crippen molar-refractivity contribution >= 4 is 42.1 Å². The van der Waals surface area contributed by atoms with Crippen LogP contribution in [0.1, 0.15) is 50.5 Å². The van der Waals surface area contributed by atoms with Crippen molar-refractivity contribution < 1.29 is 33.5 Å². The molecule has 3 aromatic carbocycles. The predicted molar refractivity (Wildman–Crippen MR) is 197 cm³/mol. The van der Waals surface area contributed by atoms with E-state index in [4.69, 9.17) is 13.8 Å². The molecule has 51 heavy (non-hydrogen) atoms. The standard InChI is InChI=1S/C41H43BN2O7/c1-2-9-27(22-33-19-20-34(25-45)50-33)14-21-37-38-28(26-49-32-12-7-4-8-13-32)23-35-39(36(38)24-42(48)51-37)41(47)44(40(35)46)31-17-15-30(16-18-31)43-29-10-5-3-6-11-29/h3-8,10-13,15-20,22,35-37,39,43,45,48H,2,9,14,21,23-26H2,1H3/b27-22+/t35-,36+,37-,39-/m1/s1.